The summed E-state index contributed by atoms with van der Waals surface area (Å²) in [6.07, 6.45) is -0.898. The minimum atomic E-state index is -0.646. The zero-order valence-electron chi connectivity index (χ0n) is 17.3. The topological polar surface area (TPSA) is 49.7 Å². The molecule has 1 fully saturated rings. The summed E-state index contributed by atoms with van der Waals surface area (Å²) < 4.78 is 6.12. The lowest BCUT2D eigenvalue weighted by Gasteiger charge is -2.23. The van der Waals surface area contributed by atoms with Gasteiger partial charge in [-0.3, -0.25) is 0 Å². The highest BCUT2D eigenvalue weighted by Gasteiger charge is 2.35. The van der Waals surface area contributed by atoms with Gasteiger partial charge in [-0.25, -0.2) is 0 Å². The second kappa shape index (κ2) is 5.76. The lowest BCUT2D eigenvalue weighted by Crippen LogP contribution is -2.24. The van der Waals surface area contributed by atoms with Crippen LogP contribution in [0.15, 0.2) is 66.7 Å². The van der Waals surface area contributed by atoms with Gasteiger partial charge in [0.25, 0.3) is 0 Å². The van der Waals surface area contributed by atoms with Gasteiger partial charge in [0, 0.05) is 6.42 Å². The molecule has 7 aromatic carbocycles. The van der Waals surface area contributed by atoms with Gasteiger partial charge in [-0.15, -0.1) is 0 Å². The number of aliphatic hydroxyl groups is 2. The maximum absolute atomic E-state index is 10.4. The molecule has 1 aliphatic rings. The number of hydrogen-bond donors (Lipinski definition) is 2. The van der Waals surface area contributed by atoms with E-state index >= 15 is 0 Å². The average Bonchev–Trinajstić information content (AvgIpc) is 3.22. The molecule has 2 unspecified atom stereocenters. The van der Waals surface area contributed by atoms with Gasteiger partial charge in [-0.1, -0.05) is 60.7 Å². The van der Waals surface area contributed by atoms with Crippen LogP contribution in [0.3, 0.4) is 0 Å². The van der Waals surface area contributed by atoms with E-state index in [0.29, 0.717) is 6.42 Å². The number of aliphatic hydroxyl groups excluding tert-OH is 2. The summed E-state index contributed by atoms with van der Waals surface area (Å²) in [4.78, 5) is 0. The first-order chi connectivity index (χ1) is 15.7. The molecule has 3 atom stereocenters. The highest BCUT2D eigenvalue weighted by Crippen LogP contribution is 2.50. The van der Waals surface area contributed by atoms with E-state index in [1.807, 2.05) is 0 Å². The molecule has 154 valence electrons. The summed E-state index contributed by atoms with van der Waals surface area (Å²) in [5, 5.41) is 35.5. The van der Waals surface area contributed by atoms with Crippen molar-refractivity contribution in [2.75, 3.05) is 6.61 Å². The fourth-order valence-corrected chi connectivity index (χ4v) is 6.38. The largest absolute Gasteiger partial charge is 0.394 e. The molecule has 0 radical (unpaired) electrons. The Morgan fingerprint density at radius 3 is 1.66 bits per heavy atom. The maximum Gasteiger partial charge on any atom is 0.107 e. The molecule has 0 aromatic heterocycles. The summed E-state index contributed by atoms with van der Waals surface area (Å²) in [6.45, 7) is -0.164. The van der Waals surface area contributed by atoms with Crippen LogP contribution >= 0.6 is 0 Å². The van der Waals surface area contributed by atoms with Crippen LogP contribution in [0.4, 0.5) is 0 Å². The van der Waals surface area contributed by atoms with Crippen molar-refractivity contribution < 1.29 is 14.9 Å². The highest BCUT2D eigenvalue weighted by molar-refractivity contribution is 6.44. The van der Waals surface area contributed by atoms with Crippen LogP contribution in [0, 0.1) is 0 Å². The quantitative estimate of drug-likeness (QED) is 0.264. The summed E-state index contributed by atoms with van der Waals surface area (Å²) in [6, 6.07) is 24.5. The van der Waals surface area contributed by atoms with E-state index < -0.39 is 12.2 Å². The van der Waals surface area contributed by atoms with E-state index in [9.17, 15) is 10.2 Å². The lowest BCUT2D eigenvalue weighted by molar-refractivity contribution is -0.0221. The number of rotatable bonds is 2. The molecule has 0 bridgehead atoms. The maximum atomic E-state index is 10.4. The van der Waals surface area contributed by atoms with E-state index in [4.69, 9.17) is 4.74 Å². The molecule has 3 heteroatoms. The van der Waals surface area contributed by atoms with Crippen molar-refractivity contribution in [3.05, 3.63) is 72.3 Å². The molecule has 1 aliphatic heterocycles. The van der Waals surface area contributed by atoms with Crippen LogP contribution in [0.25, 0.3) is 64.6 Å². The smallest absolute Gasteiger partial charge is 0.107 e. The Morgan fingerprint density at radius 2 is 1.12 bits per heavy atom. The number of ether oxygens (including phenoxy) is 1. The summed E-state index contributed by atoms with van der Waals surface area (Å²) in [7, 11) is 0. The standard InChI is InChI=1S/C29H20O3/c30-13-23-21(31)12-22(32-23)20-11-18-8-7-16-4-2-14-1-3-15-5-6-17-9-10-19(20)29-27(17)25(15)24(14)26(16)28(18)29/h1-11,21-23,30-31H,12-13H2/t21?,22?,23-/m1/s1. The van der Waals surface area contributed by atoms with Crippen molar-refractivity contribution in [3.8, 4) is 0 Å². The molecular formula is C29H20O3. The van der Waals surface area contributed by atoms with Crippen molar-refractivity contribution >= 4 is 64.6 Å². The zero-order valence-corrected chi connectivity index (χ0v) is 17.3. The van der Waals surface area contributed by atoms with Crippen molar-refractivity contribution in [1.82, 2.24) is 0 Å². The Balaban J connectivity index is 1.63. The third kappa shape index (κ3) is 1.94. The van der Waals surface area contributed by atoms with Gasteiger partial charge in [-0.05, 0) is 76.3 Å². The average molecular weight is 416 g/mol. The fraction of sp³-hybridized carbons (Fsp3) is 0.172. The van der Waals surface area contributed by atoms with Crippen LogP contribution in [-0.4, -0.2) is 29.0 Å². The van der Waals surface area contributed by atoms with Crippen LogP contribution in [0.2, 0.25) is 0 Å². The summed E-state index contributed by atoms with van der Waals surface area (Å²) >= 11 is 0. The van der Waals surface area contributed by atoms with Gasteiger partial charge in [-0.2, -0.15) is 0 Å². The minimum absolute atomic E-state index is 0.164. The van der Waals surface area contributed by atoms with Crippen LogP contribution in [0.5, 0.6) is 0 Å². The predicted octanol–water partition coefficient (Wildman–Crippen LogP) is 6.10. The Bertz CT molecular complexity index is 1740. The molecule has 7 aromatic rings. The second-order valence-corrected chi connectivity index (χ2v) is 9.36. The molecule has 0 aliphatic carbocycles. The Labute approximate surface area is 183 Å². The molecule has 8 rings (SSSR count). The summed E-state index contributed by atoms with van der Waals surface area (Å²) in [5.41, 5.74) is 1.10. The van der Waals surface area contributed by atoms with Crippen molar-refractivity contribution in [2.24, 2.45) is 0 Å². The van der Waals surface area contributed by atoms with E-state index in [2.05, 4.69) is 66.7 Å². The Hall–Kier alpha value is -3.24. The first-order valence-corrected chi connectivity index (χ1v) is 11.3. The van der Waals surface area contributed by atoms with Gasteiger partial charge in [0.1, 0.15) is 6.10 Å². The van der Waals surface area contributed by atoms with Gasteiger partial charge in [0.05, 0.1) is 18.8 Å². The lowest BCUT2D eigenvalue weighted by atomic mass is 9.81. The normalized spacial score (nSPS) is 22.2. The number of benzene rings is 7. The third-order valence-corrected chi connectivity index (χ3v) is 7.78. The highest BCUT2D eigenvalue weighted by atomic mass is 16.5. The van der Waals surface area contributed by atoms with Gasteiger partial charge < -0.3 is 14.9 Å². The molecule has 0 amide bonds. The SMILES string of the molecule is OC[C@H]1OC(c2cc3ccc4ccc5ccc6ccc7ccc2c2c7c6c5c4c32)CC1O. The Morgan fingerprint density at radius 1 is 0.656 bits per heavy atom. The predicted molar refractivity (Wildman–Crippen MR) is 130 cm³/mol. The monoisotopic (exact) mass is 416 g/mol. The zero-order chi connectivity index (χ0) is 21.1. The minimum Gasteiger partial charge on any atom is -0.394 e. The molecule has 32 heavy (non-hydrogen) atoms. The first-order valence-electron chi connectivity index (χ1n) is 11.3. The first kappa shape index (κ1) is 17.3. The van der Waals surface area contributed by atoms with E-state index in [1.165, 1.54) is 64.6 Å². The van der Waals surface area contributed by atoms with Crippen molar-refractivity contribution in [1.29, 1.82) is 0 Å². The van der Waals surface area contributed by atoms with Gasteiger partial charge in [0.2, 0.25) is 0 Å². The molecule has 0 saturated carbocycles. The number of hydrogen-bond acceptors (Lipinski definition) is 3. The van der Waals surface area contributed by atoms with Gasteiger partial charge in [0.15, 0.2) is 0 Å². The Kier molecular flexibility index (Phi) is 3.12. The van der Waals surface area contributed by atoms with Crippen LogP contribution < -0.4 is 0 Å². The molecule has 2 N–H and O–H groups in total. The van der Waals surface area contributed by atoms with Crippen LogP contribution in [0.1, 0.15) is 18.1 Å². The van der Waals surface area contributed by atoms with E-state index in [1.54, 1.807) is 0 Å². The third-order valence-electron chi connectivity index (χ3n) is 7.78. The fourth-order valence-electron chi connectivity index (χ4n) is 6.38. The van der Waals surface area contributed by atoms with Gasteiger partial charge >= 0.3 is 0 Å². The molecule has 1 saturated heterocycles. The van der Waals surface area contributed by atoms with Crippen molar-refractivity contribution in [2.45, 2.75) is 24.7 Å². The second-order valence-electron chi connectivity index (χ2n) is 9.36. The molecular weight excluding hydrogens is 396 g/mol. The van der Waals surface area contributed by atoms with E-state index in [-0.39, 0.29) is 12.7 Å². The molecule has 1 heterocycles. The van der Waals surface area contributed by atoms with E-state index in [0.717, 1.165) is 5.56 Å². The molecule has 0 spiro atoms. The van der Waals surface area contributed by atoms with Crippen LogP contribution in [-0.2, 0) is 4.74 Å². The van der Waals surface area contributed by atoms with Crippen molar-refractivity contribution in [3.63, 3.8) is 0 Å². The molecule has 3 nitrogen and oxygen atoms in total. The summed E-state index contributed by atoms with van der Waals surface area (Å²) in [5.74, 6) is 0.